The third kappa shape index (κ3) is 6.51. The van der Waals surface area contributed by atoms with Crippen molar-refractivity contribution in [1.29, 1.82) is 0 Å². The number of hydrogen-bond acceptors (Lipinski definition) is 7. The first-order valence-electron chi connectivity index (χ1n) is 11.0. The Bertz CT molecular complexity index is 1230. The average molecular weight is 427 g/mol. The second kappa shape index (κ2) is 10.7. The van der Waals surface area contributed by atoms with Gasteiger partial charge in [-0.3, -0.25) is 4.79 Å². The molecule has 9 heteroatoms. The quantitative estimate of drug-likeness (QED) is 0.416. The number of halogens is 1. The van der Waals surface area contributed by atoms with E-state index in [4.69, 9.17) is 15.0 Å². The van der Waals surface area contributed by atoms with Crippen LogP contribution in [0.5, 0.6) is 5.75 Å². The van der Waals surface area contributed by atoms with Gasteiger partial charge < -0.3 is 25.4 Å². The minimum Gasteiger partial charge on any atom is -0.491 e. The largest absolute Gasteiger partial charge is 0.491 e. The summed E-state index contributed by atoms with van der Waals surface area (Å²) in [6, 6.07) is 8.58. The summed E-state index contributed by atoms with van der Waals surface area (Å²) in [5.74, 6) is -1.23. The fourth-order valence-corrected chi connectivity index (χ4v) is 2.30. The Balaban J connectivity index is 1.77. The molecule has 0 unspecified atom stereocenters. The molecule has 0 radical (unpaired) electrons. The standard InChI is InChI=1S/C22H22FN5O3/c1-3-20(29)25-16-5-4-6-17(13-16)26-21-19(23)14-24-22(28-21)27-15-7-9-18(10-8-15)31-12-11-30-2/h3-10,13-14H,1,11-12H2,2H3,(H,25,29)(H2,24,26,27,28)/i5D,6D,12D2. The van der Waals surface area contributed by atoms with Gasteiger partial charge in [0.05, 0.1) is 18.3 Å². The molecule has 0 saturated carbocycles. The molecule has 1 heterocycles. The number of amides is 1. The van der Waals surface area contributed by atoms with Crippen molar-refractivity contribution in [2.75, 3.05) is 36.2 Å². The summed E-state index contributed by atoms with van der Waals surface area (Å²) >= 11 is 0. The van der Waals surface area contributed by atoms with Gasteiger partial charge in [0.2, 0.25) is 11.9 Å². The number of methoxy groups -OCH3 is 1. The Kier molecular flexibility index (Phi) is 5.79. The van der Waals surface area contributed by atoms with Gasteiger partial charge in [-0.05, 0) is 48.5 Å². The first kappa shape index (κ1) is 16.8. The fourth-order valence-electron chi connectivity index (χ4n) is 2.30. The highest BCUT2D eigenvalue weighted by Crippen LogP contribution is 2.23. The highest BCUT2D eigenvalue weighted by Gasteiger charge is 2.09. The number of benzene rings is 2. The third-order valence-corrected chi connectivity index (χ3v) is 3.69. The lowest BCUT2D eigenvalue weighted by Crippen LogP contribution is -2.07. The molecule has 0 bridgehead atoms. The molecule has 2 aromatic carbocycles. The zero-order valence-electron chi connectivity index (χ0n) is 20.5. The number of nitrogens with one attached hydrogen (secondary N) is 3. The lowest BCUT2D eigenvalue weighted by atomic mass is 10.2. The summed E-state index contributed by atoms with van der Waals surface area (Å²) in [6.45, 7) is 1.12. The first-order chi connectivity index (χ1) is 16.6. The summed E-state index contributed by atoms with van der Waals surface area (Å²) in [5.41, 5.74) is 0.741. The van der Waals surface area contributed by atoms with Crippen molar-refractivity contribution in [3.63, 3.8) is 0 Å². The van der Waals surface area contributed by atoms with E-state index in [9.17, 15) is 9.18 Å². The maximum absolute atomic E-state index is 14.4. The van der Waals surface area contributed by atoms with E-state index in [0.29, 0.717) is 5.69 Å². The molecular weight excluding hydrogens is 401 g/mol. The number of anilines is 5. The zero-order chi connectivity index (χ0) is 25.6. The Labute approximate surface area is 184 Å². The number of carbonyl (C=O) groups excluding carboxylic acids is 1. The fraction of sp³-hybridized carbons (Fsp3) is 0.136. The molecule has 0 atom stereocenters. The number of ether oxygens (including phenoxy) is 2. The lowest BCUT2D eigenvalue weighted by Gasteiger charge is -2.11. The highest BCUT2D eigenvalue weighted by molar-refractivity contribution is 5.99. The minimum absolute atomic E-state index is 0.0427. The molecule has 8 nitrogen and oxygen atoms in total. The van der Waals surface area contributed by atoms with Crippen LogP contribution in [0.15, 0.2) is 67.3 Å². The molecule has 0 aliphatic heterocycles. The van der Waals surface area contributed by atoms with E-state index >= 15 is 0 Å². The number of rotatable bonds is 10. The zero-order valence-corrected chi connectivity index (χ0v) is 16.5. The molecule has 3 rings (SSSR count). The molecule has 1 aromatic heterocycles. The number of aromatic nitrogens is 2. The lowest BCUT2D eigenvalue weighted by molar-refractivity contribution is -0.111. The van der Waals surface area contributed by atoms with Gasteiger partial charge in [0.1, 0.15) is 12.3 Å². The summed E-state index contributed by atoms with van der Waals surface area (Å²) < 4.78 is 55.8. The van der Waals surface area contributed by atoms with E-state index in [2.05, 4.69) is 32.5 Å². The second-order valence-corrected chi connectivity index (χ2v) is 5.94. The molecule has 3 aromatic rings. The smallest absolute Gasteiger partial charge is 0.247 e. The maximum Gasteiger partial charge on any atom is 0.247 e. The second-order valence-electron chi connectivity index (χ2n) is 5.94. The predicted molar refractivity (Wildman–Crippen MR) is 118 cm³/mol. The molecule has 160 valence electrons. The van der Waals surface area contributed by atoms with E-state index in [0.717, 1.165) is 12.3 Å². The predicted octanol–water partition coefficient (Wildman–Crippen LogP) is 4.25. The van der Waals surface area contributed by atoms with Crippen molar-refractivity contribution in [2.24, 2.45) is 0 Å². The monoisotopic (exact) mass is 427 g/mol. The Morgan fingerprint density at radius 2 is 2.03 bits per heavy atom. The van der Waals surface area contributed by atoms with E-state index in [1.165, 1.54) is 31.4 Å². The van der Waals surface area contributed by atoms with Crippen LogP contribution in [0.1, 0.15) is 5.48 Å². The molecule has 31 heavy (non-hydrogen) atoms. The van der Waals surface area contributed by atoms with Crippen LogP contribution in [0.3, 0.4) is 0 Å². The van der Waals surface area contributed by atoms with Crippen LogP contribution in [0.2, 0.25) is 0 Å². The Morgan fingerprint density at radius 3 is 2.77 bits per heavy atom. The Hall–Kier alpha value is -3.98. The van der Waals surface area contributed by atoms with Gasteiger partial charge in [0.25, 0.3) is 0 Å². The molecule has 0 spiro atoms. The van der Waals surface area contributed by atoms with Crippen molar-refractivity contribution in [3.8, 4) is 5.75 Å². The van der Waals surface area contributed by atoms with Crippen molar-refractivity contribution in [1.82, 2.24) is 9.97 Å². The van der Waals surface area contributed by atoms with Crippen molar-refractivity contribution in [2.45, 2.75) is 0 Å². The van der Waals surface area contributed by atoms with Gasteiger partial charge in [-0.2, -0.15) is 4.98 Å². The van der Waals surface area contributed by atoms with E-state index in [-0.39, 0.29) is 47.6 Å². The topological polar surface area (TPSA) is 97.4 Å². The summed E-state index contributed by atoms with van der Waals surface area (Å²) in [7, 11) is 1.37. The van der Waals surface area contributed by atoms with Gasteiger partial charge in [0, 0.05) is 24.2 Å². The van der Waals surface area contributed by atoms with Crippen LogP contribution in [0.4, 0.5) is 33.2 Å². The highest BCUT2D eigenvalue weighted by atomic mass is 19.1. The molecule has 0 fully saturated rings. The van der Waals surface area contributed by atoms with Gasteiger partial charge in [-0.25, -0.2) is 9.37 Å². The average Bonchev–Trinajstić information content (AvgIpc) is 2.80. The van der Waals surface area contributed by atoms with Crippen LogP contribution >= 0.6 is 0 Å². The summed E-state index contributed by atoms with van der Waals surface area (Å²) in [5, 5.41) is 8.03. The van der Waals surface area contributed by atoms with Crippen LogP contribution in [-0.2, 0) is 9.53 Å². The van der Waals surface area contributed by atoms with Gasteiger partial charge >= 0.3 is 0 Å². The van der Waals surface area contributed by atoms with Crippen molar-refractivity contribution in [3.05, 3.63) is 73.2 Å². The van der Waals surface area contributed by atoms with Crippen LogP contribution in [0.25, 0.3) is 0 Å². The molecule has 0 saturated heterocycles. The molecule has 0 aliphatic carbocycles. The summed E-state index contributed by atoms with van der Waals surface area (Å²) in [4.78, 5) is 19.6. The maximum atomic E-state index is 14.4. The van der Waals surface area contributed by atoms with Gasteiger partial charge in [-0.1, -0.05) is 12.6 Å². The van der Waals surface area contributed by atoms with E-state index in [1.54, 1.807) is 12.1 Å². The molecule has 3 N–H and O–H groups in total. The normalized spacial score (nSPS) is 12.6. The van der Waals surface area contributed by atoms with Crippen LogP contribution in [0, 0.1) is 5.82 Å². The third-order valence-electron chi connectivity index (χ3n) is 3.69. The first-order valence-corrected chi connectivity index (χ1v) is 8.99. The number of carbonyl (C=O) groups is 1. The minimum atomic E-state index is -1.99. The van der Waals surface area contributed by atoms with Crippen LogP contribution in [-0.4, -0.2) is 36.2 Å². The molecular formula is C22H22FN5O3. The number of hydrogen-bond donors (Lipinski definition) is 3. The van der Waals surface area contributed by atoms with Gasteiger partial charge in [0.15, 0.2) is 11.6 Å². The van der Waals surface area contributed by atoms with Crippen molar-refractivity contribution >= 4 is 34.7 Å². The number of nitrogens with zero attached hydrogens (tertiary/aromatic N) is 2. The van der Waals surface area contributed by atoms with Crippen molar-refractivity contribution < 1.29 is 24.1 Å². The van der Waals surface area contributed by atoms with Crippen LogP contribution < -0.4 is 20.7 Å². The molecule has 0 aliphatic rings. The van der Waals surface area contributed by atoms with E-state index < -0.39 is 18.3 Å². The summed E-state index contributed by atoms with van der Waals surface area (Å²) in [6.07, 6.45) is 1.98. The van der Waals surface area contributed by atoms with E-state index in [1.807, 2.05) is 0 Å². The Morgan fingerprint density at radius 1 is 1.26 bits per heavy atom. The van der Waals surface area contributed by atoms with Gasteiger partial charge in [-0.15, -0.1) is 0 Å². The SMILES string of the molecule is [2H]c1cc([2H])c(Nc2nc(Nc3ccc(OC([2H])([2H])COC)cc3)ncc2F)cc1NC(=O)C=C. The molecule has 1 amide bonds.